The van der Waals surface area contributed by atoms with Crippen molar-refractivity contribution < 1.29 is 9.90 Å². The van der Waals surface area contributed by atoms with Crippen LogP contribution in [0.5, 0.6) is 0 Å². The number of carbonyl (C=O) groups is 1. The van der Waals surface area contributed by atoms with Crippen molar-refractivity contribution in [2.24, 2.45) is 0 Å². The minimum absolute atomic E-state index is 0.147. The summed E-state index contributed by atoms with van der Waals surface area (Å²) in [6.07, 6.45) is 0.180. The SMILES string of the molecule is CC1CN(C(=O)C2CC(O)CN2)CC(C)N1C. The number of amides is 1. The highest BCUT2D eigenvalue weighted by atomic mass is 16.3. The van der Waals surface area contributed by atoms with Crippen LogP contribution in [-0.4, -0.2) is 71.7 Å². The summed E-state index contributed by atoms with van der Waals surface area (Å²) in [5.74, 6) is 0.147. The summed E-state index contributed by atoms with van der Waals surface area (Å²) < 4.78 is 0. The topological polar surface area (TPSA) is 55.8 Å². The molecule has 98 valence electrons. The van der Waals surface area contributed by atoms with Crippen LogP contribution in [0.3, 0.4) is 0 Å². The molecule has 2 fully saturated rings. The zero-order valence-electron chi connectivity index (χ0n) is 10.9. The molecule has 0 aliphatic carbocycles. The summed E-state index contributed by atoms with van der Waals surface area (Å²) in [4.78, 5) is 16.5. The highest BCUT2D eigenvalue weighted by Gasteiger charge is 2.35. The summed E-state index contributed by atoms with van der Waals surface area (Å²) in [7, 11) is 2.11. The third kappa shape index (κ3) is 2.61. The lowest BCUT2D eigenvalue weighted by Crippen LogP contribution is -2.59. The highest BCUT2D eigenvalue weighted by molar-refractivity contribution is 5.82. The van der Waals surface area contributed by atoms with Gasteiger partial charge in [0.25, 0.3) is 0 Å². The highest BCUT2D eigenvalue weighted by Crippen LogP contribution is 2.16. The Morgan fingerprint density at radius 3 is 2.35 bits per heavy atom. The van der Waals surface area contributed by atoms with Gasteiger partial charge in [0.15, 0.2) is 0 Å². The van der Waals surface area contributed by atoms with Crippen LogP contribution in [0.25, 0.3) is 0 Å². The Labute approximate surface area is 103 Å². The summed E-state index contributed by atoms with van der Waals surface area (Å²) in [6.45, 7) is 6.40. The molecule has 0 aromatic heterocycles. The van der Waals surface area contributed by atoms with Crippen LogP contribution in [0.1, 0.15) is 20.3 Å². The van der Waals surface area contributed by atoms with E-state index in [1.54, 1.807) is 0 Å². The minimum atomic E-state index is -0.369. The lowest BCUT2D eigenvalue weighted by atomic mass is 10.1. The van der Waals surface area contributed by atoms with E-state index in [0.29, 0.717) is 25.0 Å². The second-order valence-corrected chi connectivity index (χ2v) is 5.46. The molecule has 2 saturated heterocycles. The van der Waals surface area contributed by atoms with Crippen molar-refractivity contribution in [1.82, 2.24) is 15.1 Å². The van der Waals surface area contributed by atoms with Crippen LogP contribution < -0.4 is 5.32 Å². The molecule has 2 rings (SSSR count). The molecule has 0 aromatic carbocycles. The molecule has 0 radical (unpaired) electrons. The number of piperazine rings is 1. The van der Waals surface area contributed by atoms with Gasteiger partial charge in [-0.3, -0.25) is 9.69 Å². The van der Waals surface area contributed by atoms with Gasteiger partial charge in [0.05, 0.1) is 12.1 Å². The number of carbonyl (C=O) groups excluding carboxylic acids is 1. The first-order valence-corrected chi connectivity index (χ1v) is 6.41. The Bertz CT molecular complexity index is 285. The predicted molar refractivity (Wildman–Crippen MR) is 65.7 cm³/mol. The standard InChI is InChI=1S/C12H23N3O2/c1-8-6-15(7-9(2)14(8)3)12(17)11-4-10(16)5-13-11/h8-11,13,16H,4-7H2,1-3H3. The molecule has 5 heteroatoms. The average molecular weight is 241 g/mol. The van der Waals surface area contributed by atoms with Gasteiger partial charge in [-0.25, -0.2) is 0 Å². The van der Waals surface area contributed by atoms with Crippen LogP contribution in [-0.2, 0) is 4.79 Å². The molecular formula is C12H23N3O2. The predicted octanol–water partition coefficient (Wildman–Crippen LogP) is -0.740. The molecule has 0 bridgehead atoms. The number of hydrogen-bond acceptors (Lipinski definition) is 4. The molecule has 17 heavy (non-hydrogen) atoms. The van der Waals surface area contributed by atoms with Crippen LogP contribution in [0, 0.1) is 0 Å². The lowest BCUT2D eigenvalue weighted by Gasteiger charge is -2.43. The second-order valence-electron chi connectivity index (χ2n) is 5.46. The Morgan fingerprint density at radius 2 is 1.88 bits per heavy atom. The maximum Gasteiger partial charge on any atom is 0.239 e. The van der Waals surface area contributed by atoms with Gasteiger partial charge in [-0.2, -0.15) is 0 Å². The molecule has 2 aliphatic rings. The monoisotopic (exact) mass is 241 g/mol. The fourth-order valence-corrected chi connectivity index (χ4v) is 2.71. The molecule has 2 heterocycles. The first-order valence-electron chi connectivity index (χ1n) is 6.41. The number of rotatable bonds is 1. The minimum Gasteiger partial charge on any atom is -0.392 e. The van der Waals surface area contributed by atoms with E-state index in [0.717, 1.165) is 13.1 Å². The number of aliphatic hydroxyl groups excluding tert-OH is 1. The van der Waals surface area contributed by atoms with Gasteiger partial charge in [0.2, 0.25) is 5.91 Å². The van der Waals surface area contributed by atoms with E-state index in [1.807, 2.05) is 4.90 Å². The number of likely N-dealkylation sites (N-methyl/N-ethyl adjacent to an activating group) is 1. The molecule has 0 aromatic rings. The summed E-state index contributed by atoms with van der Waals surface area (Å²) in [5, 5.41) is 12.5. The lowest BCUT2D eigenvalue weighted by molar-refractivity contribution is -0.137. The van der Waals surface area contributed by atoms with Crippen LogP contribution in [0.15, 0.2) is 0 Å². The number of hydrogen-bond donors (Lipinski definition) is 2. The van der Waals surface area contributed by atoms with Crippen molar-refractivity contribution in [2.75, 3.05) is 26.7 Å². The van der Waals surface area contributed by atoms with Gasteiger partial charge >= 0.3 is 0 Å². The van der Waals surface area contributed by atoms with Gasteiger partial charge in [-0.05, 0) is 27.3 Å². The zero-order valence-corrected chi connectivity index (χ0v) is 10.9. The molecule has 1 amide bonds. The molecule has 4 unspecified atom stereocenters. The van der Waals surface area contributed by atoms with E-state index in [2.05, 4.69) is 31.1 Å². The number of β-amino-alcohol motifs (C(OH)–C–C–N with tert-alkyl or cyclic N) is 1. The van der Waals surface area contributed by atoms with Crippen molar-refractivity contribution in [3.8, 4) is 0 Å². The molecule has 2 N–H and O–H groups in total. The Balaban J connectivity index is 1.96. The average Bonchev–Trinajstić information content (AvgIpc) is 2.71. The fourth-order valence-electron chi connectivity index (χ4n) is 2.71. The molecule has 5 nitrogen and oxygen atoms in total. The van der Waals surface area contributed by atoms with E-state index >= 15 is 0 Å². The molecule has 2 aliphatic heterocycles. The molecular weight excluding hydrogens is 218 g/mol. The second kappa shape index (κ2) is 4.92. The summed E-state index contributed by atoms with van der Waals surface area (Å²) >= 11 is 0. The number of aliphatic hydroxyl groups is 1. The largest absolute Gasteiger partial charge is 0.392 e. The van der Waals surface area contributed by atoms with E-state index in [9.17, 15) is 9.90 Å². The van der Waals surface area contributed by atoms with Crippen molar-refractivity contribution in [1.29, 1.82) is 0 Å². The smallest absolute Gasteiger partial charge is 0.239 e. The van der Waals surface area contributed by atoms with Crippen LogP contribution in [0.2, 0.25) is 0 Å². The van der Waals surface area contributed by atoms with Crippen molar-refractivity contribution >= 4 is 5.91 Å². The quantitative estimate of drug-likeness (QED) is 0.635. The first-order chi connectivity index (χ1) is 7.99. The Hall–Kier alpha value is -0.650. The third-order valence-corrected chi connectivity index (χ3v) is 4.08. The zero-order chi connectivity index (χ0) is 12.6. The molecule has 4 atom stereocenters. The number of nitrogens with one attached hydrogen (secondary N) is 1. The van der Waals surface area contributed by atoms with Crippen molar-refractivity contribution in [2.45, 2.75) is 44.5 Å². The normalized spacial score (nSPS) is 39.6. The maximum absolute atomic E-state index is 12.3. The first kappa shape index (κ1) is 12.8. The van der Waals surface area contributed by atoms with Gasteiger partial charge in [0.1, 0.15) is 0 Å². The van der Waals surface area contributed by atoms with Gasteiger partial charge < -0.3 is 15.3 Å². The maximum atomic E-state index is 12.3. The van der Waals surface area contributed by atoms with Crippen LogP contribution >= 0.6 is 0 Å². The Morgan fingerprint density at radius 1 is 1.29 bits per heavy atom. The van der Waals surface area contributed by atoms with E-state index in [4.69, 9.17) is 0 Å². The van der Waals surface area contributed by atoms with Gasteiger partial charge in [-0.15, -0.1) is 0 Å². The summed E-state index contributed by atoms with van der Waals surface area (Å²) in [5.41, 5.74) is 0. The van der Waals surface area contributed by atoms with Crippen molar-refractivity contribution in [3.63, 3.8) is 0 Å². The molecule has 0 saturated carbocycles. The third-order valence-electron chi connectivity index (χ3n) is 4.08. The summed E-state index contributed by atoms with van der Waals surface area (Å²) in [6, 6.07) is 0.607. The van der Waals surface area contributed by atoms with E-state index < -0.39 is 0 Å². The Kier molecular flexibility index (Phi) is 3.70. The number of nitrogens with zero attached hydrogens (tertiary/aromatic N) is 2. The van der Waals surface area contributed by atoms with Crippen molar-refractivity contribution in [3.05, 3.63) is 0 Å². The molecule has 0 spiro atoms. The van der Waals surface area contributed by atoms with E-state index in [1.165, 1.54) is 0 Å². The van der Waals surface area contributed by atoms with Crippen LogP contribution in [0.4, 0.5) is 0 Å². The van der Waals surface area contributed by atoms with Gasteiger partial charge in [0, 0.05) is 31.7 Å². The van der Waals surface area contributed by atoms with Gasteiger partial charge in [-0.1, -0.05) is 0 Å². The fraction of sp³-hybridized carbons (Fsp3) is 0.917. The van der Waals surface area contributed by atoms with E-state index in [-0.39, 0.29) is 18.1 Å².